The maximum absolute atomic E-state index is 12.7. The normalized spacial score (nSPS) is 26.1. The average Bonchev–Trinajstić information content (AvgIpc) is 2.77. The molecule has 0 saturated heterocycles. The molecule has 9 heteroatoms. The smallest absolute Gasteiger partial charge is 0.283 e. The molecule has 4 atom stereocenters. The van der Waals surface area contributed by atoms with E-state index in [1.165, 1.54) is 0 Å². The van der Waals surface area contributed by atoms with Crippen molar-refractivity contribution in [2.24, 2.45) is 23.2 Å². The fraction of sp³-hybridized carbons (Fsp3) is 0.545. The number of aliphatic hydroxyl groups excluding tert-OH is 1. The van der Waals surface area contributed by atoms with Crippen molar-refractivity contribution < 1.29 is 9.90 Å². The van der Waals surface area contributed by atoms with Crippen LogP contribution in [0.15, 0.2) is 40.0 Å². The zero-order valence-corrected chi connectivity index (χ0v) is 19.3. The van der Waals surface area contributed by atoms with Crippen LogP contribution < -0.4 is 16.2 Å². The van der Waals surface area contributed by atoms with Gasteiger partial charge >= 0.3 is 0 Å². The number of rotatable bonds is 7. The van der Waals surface area contributed by atoms with Crippen LogP contribution in [0, 0.1) is 23.2 Å². The lowest BCUT2D eigenvalue weighted by Crippen LogP contribution is -2.60. The van der Waals surface area contributed by atoms with E-state index in [9.17, 15) is 14.7 Å². The summed E-state index contributed by atoms with van der Waals surface area (Å²) in [6, 6.07) is 3.73. The van der Waals surface area contributed by atoms with Gasteiger partial charge < -0.3 is 15.7 Å². The van der Waals surface area contributed by atoms with Crippen LogP contribution in [0.5, 0.6) is 0 Å². The summed E-state index contributed by atoms with van der Waals surface area (Å²) in [6.07, 6.45) is 7.01. The number of amides is 1. The molecule has 2 heterocycles. The van der Waals surface area contributed by atoms with Crippen molar-refractivity contribution in [3.8, 4) is 0 Å². The number of halogens is 1. The van der Waals surface area contributed by atoms with Gasteiger partial charge in [0.05, 0.1) is 11.9 Å². The monoisotopic (exact) mass is 489 g/mol. The first kappa shape index (κ1) is 22.0. The number of nitrogens with one attached hydrogen (secondary N) is 2. The lowest BCUT2D eigenvalue weighted by molar-refractivity contribution is -0.122. The van der Waals surface area contributed by atoms with Gasteiger partial charge in [0.25, 0.3) is 5.56 Å². The summed E-state index contributed by atoms with van der Waals surface area (Å²) >= 11 is 3.38. The number of hydrogen-bond donors (Lipinski definition) is 3. The van der Waals surface area contributed by atoms with Gasteiger partial charge in [-0.2, -0.15) is 5.10 Å². The van der Waals surface area contributed by atoms with Crippen LogP contribution in [0.25, 0.3) is 0 Å². The predicted molar refractivity (Wildman–Crippen MR) is 120 cm³/mol. The number of aliphatic hydroxyl groups is 1. The first-order valence-electron chi connectivity index (χ1n) is 10.6. The third-order valence-corrected chi connectivity index (χ3v) is 7.95. The Balaban J connectivity index is 1.41. The zero-order chi connectivity index (χ0) is 22.2. The van der Waals surface area contributed by atoms with E-state index >= 15 is 0 Å². The van der Waals surface area contributed by atoms with E-state index in [1.807, 2.05) is 12.1 Å². The van der Waals surface area contributed by atoms with Crippen LogP contribution in [0.1, 0.15) is 32.3 Å². The van der Waals surface area contributed by atoms with Gasteiger partial charge in [-0.25, -0.2) is 4.68 Å². The number of hydrogen-bond acceptors (Lipinski definition) is 6. The van der Waals surface area contributed by atoms with Crippen molar-refractivity contribution in [1.82, 2.24) is 20.1 Å². The molecule has 1 amide bonds. The number of carbonyl (C=O) groups is 1. The maximum atomic E-state index is 12.7. The lowest BCUT2D eigenvalue weighted by atomic mass is 9.44. The molecule has 0 spiro atoms. The summed E-state index contributed by atoms with van der Waals surface area (Å²) in [5.74, 6) is 0.946. The molecule has 0 aliphatic heterocycles. The van der Waals surface area contributed by atoms with Crippen LogP contribution in [-0.2, 0) is 17.9 Å². The molecular formula is C22H28BrN5O3. The SMILES string of the molecule is CC1(C)[C@H]2C[C@@H](Nc3cnn(CC(=O)NCc4ccncc4)c(=O)c3Br)[C@H](CO)[C@@H]1C2. The summed E-state index contributed by atoms with van der Waals surface area (Å²) in [6.45, 7) is 4.88. The summed E-state index contributed by atoms with van der Waals surface area (Å²) in [7, 11) is 0. The van der Waals surface area contributed by atoms with E-state index in [1.54, 1.807) is 18.6 Å². The summed E-state index contributed by atoms with van der Waals surface area (Å²) in [5, 5.41) is 20.4. The van der Waals surface area contributed by atoms with Crippen LogP contribution in [0.4, 0.5) is 5.69 Å². The minimum Gasteiger partial charge on any atom is -0.396 e. The molecule has 8 nitrogen and oxygen atoms in total. The zero-order valence-electron chi connectivity index (χ0n) is 17.7. The van der Waals surface area contributed by atoms with Crippen molar-refractivity contribution >= 4 is 27.5 Å². The van der Waals surface area contributed by atoms with Crippen molar-refractivity contribution in [3.63, 3.8) is 0 Å². The molecule has 3 aliphatic carbocycles. The second-order valence-corrected chi connectivity index (χ2v) is 9.95. The van der Waals surface area contributed by atoms with Gasteiger partial charge in [0, 0.05) is 37.5 Å². The molecule has 0 radical (unpaired) electrons. The van der Waals surface area contributed by atoms with Crippen LogP contribution >= 0.6 is 15.9 Å². The Bertz CT molecular complexity index is 1010. The Morgan fingerprint density at radius 2 is 2.06 bits per heavy atom. The maximum Gasteiger partial charge on any atom is 0.283 e. The minimum absolute atomic E-state index is 0.0961. The largest absolute Gasteiger partial charge is 0.396 e. The quantitative estimate of drug-likeness (QED) is 0.549. The number of carbonyl (C=O) groups excluding carboxylic acids is 1. The van der Waals surface area contributed by atoms with Gasteiger partial charge in [0.1, 0.15) is 11.0 Å². The molecule has 3 saturated carbocycles. The number of fused-ring (bicyclic) bond motifs is 2. The minimum atomic E-state index is -0.370. The van der Waals surface area contributed by atoms with Crippen LogP contribution in [-0.4, -0.2) is 38.4 Å². The van der Waals surface area contributed by atoms with Crippen LogP contribution in [0.3, 0.4) is 0 Å². The third-order valence-electron chi connectivity index (χ3n) is 7.19. The highest BCUT2D eigenvalue weighted by Gasteiger charge is 2.57. The van der Waals surface area contributed by atoms with Crippen molar-refractivity contribution in [3.05, 3.63) is 51.1 Å². The Morgan fingerprint density at radius 1 is 1.32 bits per heavy atom. The fourth-order valence-corrected chi connectivity index (χ4v) is 5.56. The summed E-state index contributed by atoms with van der Waals surface area (Å²) in [5.41, 5.74) is 1.41. The number of aromatic nitrogens is 3. The lowest BCUT2D eigenvalue weighted by Gasteiger charge is -2.62. The van der Waals surface area contributed by atoms with Gasteiger partial charge in [0.2, 0.25) is 5.91 Å². The first-order chi connectivity index (χ1) is 14.8. The Labute approximate surface area is 189 Å². The third kappa shape index (κ3) is 4.25. The summed E-state index contributed by atoms with van der Waals surface area (Å²) < 4.78 is 1.49. The molecule has 3 aliphatic rings. The number of anilines is 1. The molecule has 3 N–H and O–H groups in total. The number of nitrogens with zero attached hydrogens (tertiary/aromatic N) is 3. The Hall–Kier alpha value is -2.26. The van der Waals surface area contributed by atoms with E-state index in [0.29, 0.717) is 28.5 Å². The molecule has 2 aromatic rings. The van der Waals surface area contributed by atoms with Gasteiger partial charge in [-0.15, -0.1) is 0 Å². The van der Waals surface area contributed by atoms with E-state index in [4.69, 9.17) is 0 Å². The highest BCUT2D eigenvalue weighted by atomic mass is 79.9. The molecule has 2 bridgehead atoms. The van der Waals surface area contributed by atoms with E-state index in [2.05, 4.69) is 50.5 Å². The molecule has 3 fully saturated rings. The summed E-state index contributed by atoms with van der Waals surface area (Å²) in [4.78, 5) is 28.9. The Morgan fingerprint density at radius 3 is 2.74 bits per heavy atom. The highest BCUT2D eigenvalue weighted by Crippen LogP contribution is 2.61. The topological polar surface area (TPSA) is 109 Å². The molecule has 2 aromatic heterocycles. The molecule has 166 valence electrons. The highest BCUT2D eigenvalue weighted by molar-refractivity contribution is 9.10. The van der Waals surface area contributed by atoms with E-state index < -0.39 is 0 Å². The van der Waals surface area contributed by atoms with Crippen molar-refractivity contribution in [2.75, 3.05) is 11.9 Å². The van der Waals surface area contributed by atoms with Gasteiger partial charge in [-0.3, -0.25) is 14.6 Å². The predicted octanol–water partition coefficient (Wildman–Crippen LogP) is 2.17. The Kier molecular flexibility index (Phi) is 6.16. The standard InChI is InChI=1S/C22H28BrN5O3/c1-22(2)14-7-16(22)15(12-29)17(8-14)27-18-10-26-28(21(31)20(18)23)11-19(30)25-9-13-3-5-24-6-4-13/h3-6,10,14-17,27,29H,7-9,11-12H2,1-2H3,(H,25,30)/t14-,15-,16+,17-/m1/s1. The molecule has 31 heavy (non-hydrogen) atoms. The van der Waals surface area contributed by atoms with Gasteiger partial charge in [-0.05, 0) is 63.7 Å². The fourth-order valence-electron chi connectivity index (χ4n) is 5.14. The van der Waals surface area contributed by atoms with Gasteiger partial charge in [0.15, 0.2) is 0 Å². The number of pyridine rings is 1. The van der Waals surface area contributed by atoms with Crippen molar-refractivity contribution in [2.45, 2.75) is 45.8 Å². The average molecular weight is 490 g/mol. The van der Waals surface area contributed by atoms with E-state index in [0.717, 1.165) is 23.1 Å². The van der Waals surface area contributed by atoms with E-state index in [-0.39, 0.29) is 42.0 Å². The van der Waals surface area contributed by atoms with Crippen LogP contribution in [0.2, 0.25) is 0 Å². The van der Waals surface area contributed by atoms with Crippen molar-refractivity contribution in [1.29, 1.82) is 0 Å². The second-order valence-electron chi connectivity index (χ2n) is 9.16. The molecule has 0 unspecified atom stereocenters. The van der Waals surface area contributed by atoms with Gasteiger partial charge in [-0.1, -0.05) is 13.8 Å². The first-order valence-corrected chi connectivity index (χ1v) is 11.4. The second kappa shape index (κ2) is 8.70. The molecular weight excluding hydrogens is 462 g/mol. The molecule has 5 rings (SSSR count). The molecule has 0 aromatic carbocycles.